The molecule has 156 valence electrons. The summed E-state index contributed by atoms with van der Waals surface area (Å²) in [6, 6.07) is 8.75. The Morgan fingerprint density at radius 3 is 2.57 bits per heavy atom. The van der Waals surface area contributed by atoms with Crippen molar-refractivity contribution in [2.45, 2.75) is 19.1 Å². The van der Waals surface area contributed by atoms with Gasteiger partial charge >= 0.3 is 12.1 Å². The number of hydrogen-bond acceptors (Lipinski definition) is 5. The second-order valence-corrected chi connectivity index (χ2v) is 6.84. The van der Waals surface area contributed by atoms with Gasteiger partial charge in [-0.05, 0) is 36.8 Å². The van der Waals surface area contributed by atoms with Crippen LogP contribution in [0.4, 0.5) is 18.9 Å². The topological polar surface area (TPSA) is 80.6 Å². The third-order valence-corrected chi connectivity index (χ3v) is 5.10. The number of carbonyl (C=O) groups is 1. The Bertz CT molecular complexity index is 1200. The smallest absolute Gasteiger partial charge is 0.416 e. The highest BCUT2D eigenvalue weighted by molar-refractivity contribution is 6.03. The normalized spacial score (nSPS) is 15.7. The Labute approximate surface area is 168 Å². The highest BCUT2D eigenvalue weighted by Crippen LogP contribution is 2.38. The first-order chi connectivity index (χ1) is 14.2. The molecule has 1 unspecified atom stereocenters. The number of alkyl halides is 3. The van der Waals surface area contributed by atoms with Crippen molar-refractivity contribution in [1.29, 1.82) is 0 Å². The van der Waals surface area contributed by atoms with E-state index in [2.05, 4.69) is 5.32 Å². The summed E-state index contributed by atoms with van der Waals surface area (Å²) < 4.78 is 45.0. The number of carbonyl (C=O) groups excluding carboxylic acids is 1. The summed E-state index contributed by atoms with van der Waals surface area (Å²) in [5.41, 5.74) is -0.681. The average molecular weight is 418 g/mol. The van der Waals surface area contributed by atoms with Crippen LogP contribution in [0.2, 0.25) is 0 Å². The second-order valence-electron chi connectivity index (χ2n) is 6.84. The molecular weight excluding hydrogens is 401 g/mol. The fourth-order valence-electron chi connectivity index (χ4n) is 3.74. The van der Waals surface area contributed by atoms with Gasteiger partial charge in [-0.2, -0.15) is 13.2 Å². The molecule has 0 radical (unpaired) electrons. The van der Waals surface area contributed by atoms with Crippen LogP contribution in [-0.4, -0.2) is 28.8 Å². The number of nitrogens with one attached hydrogen (secondary N) is 1. The molecule has 4 rings (SSSR count). The van der Waals surface area contributed by atoms with Gasteiger partial charge in [0.1, 0.15) is 5.75 Å². The molecule has 6 nitrogen and oxygen atoms in total. The SMILES string of the molecule is CCOC(=O)c1c(O)c2cccc3c2n(c1=O)C(c1ccc(C(F)(F)F)cc1)CN3. The van der Waals surface area contributed by atoms with Crippen LogP contribution >= 0.6 is 0 Å². The molecule has 2 aromatic carbocycles. The zero-order valence-corrected chi connectivity index (χ0v) is 15.8. The summed E-state index contributed by atoms with van der Waals surface area (Å²) in [7, 11) is 0. The Morgan fingerprint density at radius 2 is 1.93 bits per heavy atom. The van der Waals surface area contributed by atoms with E-state index >= 15 is 0 Å². The van der Waals surface area contributed by atoms with E-state index in [0.29, 0.717) is 16.8 Å². The number of esters is 1. The third kappa shape index (κ3) is 3.06. The molecule has 30 heavy (non-hydrogen) atoms. The maximum Gasteiger partial charge on any atom is 0.416 e. The van der Waals surface area contributed by atoms with Crippen LogP contribution in [0.25, 0.3) is 10.9 Å². The first kappa shape index (κ1) is 19.8. The van der Waals surface area contributed by atoms with Gasteiger partial charge in [-0.1, -0.05) is 18.2 Å². The molecule has 0 aliphatic carbocycles. The summed E-state index contributed by atoms with van der Waals surface area (Å²) >= 11 is 0. The number of aromatic hydroxyl groups is 1. The molecule has 9 heteroatoms. The van der Waals surface area contributed by atoms with Gasteiger partial charge in [0.25, 0.3) is 5.56 Å². The Hall–Kier alpha value is -3.49. The predicted molar refractivity (Wildman–Crippen MR) is 104 cm³/mol. The molecule has 1 atom stereocenters. The van der Waals surface area contributed by atoms with Crippen molar-refractivity contribution < 1.29 is 27.8 Å². The summed E-state index contributed by atoms with van der Waals surface area (Å²) in [5, 5.41) is 14.0. The van der Waals surface area contributed by atoms with E-state index in [-0.39, 0.29) is 18.5 Å². The number of aromatic nitrogens is 1. The minimum absolute atomic E-state index is 0.0136. The van der Waals surface area contributed by atoms with E-state index in [0.717, 1.165) is 12.1 Å². The lowest BCUT2D eigenvalue weighted by Crippen LogP contribution is -2.37. The highest BCUT2D eigenvalue weighted by atomic mass is 19.4. The summed E-state index contributed by atoms with van der Waals surface area (Å²) in [5.74, 6) is -1.44. The third-order valence-electron chi connectivity index (χ3n) is 5.10. The van der Waals surface area contributed by atoms with Crippen molar-refractivity contribution in [3.8, 4) is 5.75 Å². The van der Waals surface area contributed by atoms with Crippen LogP contribution in [0.3, 0.4) is 0 Å². The lowest BCUT2D eigenvalue weighted by molar-refractivity contribution is -0.137. The van der Waals surface area contributed by atoms with E-state index in [1.807, 2.05) is 0 Å². The summed E-state index contributed by atoms with van der Waals surface area (Å²) in [6.07, 6.45) is -4.48. The molecule has 1 aliphatic heterocycles. The molecule has 1 aromatic heterocycles. The fraction of sp³-hybridized carbons (Fsp3) is 0.238. The zero-order valence-electron chi connectivity index (χ0n) is 15.8. The molecule has 2 heterocycles. The van der Waals surface area contributed by atoms with E-state index in [1.165, 1.54) is 16.7 Å². The summed E-state index contributed by atoms with van der Waals surface area (Å²) in [4.78, 5) is 25.6. The quantitative estimate of drug-likeness (QED) is 0.631. The van der Waals surface area contributed by atoms with E-state index in [1.54, 1.807) is 25.1 Å². The molecular formula is C21H17F3N2O4. The fourth-order valence-corrected chi connectivity index (χ4v) is 3.74. The molecule has 0 bridgehead atoms. The van der Waals surface area contributed by atoms with Gasteiger partial charge in [-0.3, -0.25) is 9.36 Å². The molecule has 2 N–H and O–H groups in total. The lowest BCUT2D eigenvalue weighted by Gasteiger charge is -2.30. The Balaban J connectivity index is 1.96. The van der Waals surface area contributed by atoms with Crippen LogP contribution in [0, 0.1) is 0 Å². The minimum Gasteiger partial charge on any atom is -0.506 e. The largest absolute Gasteiger partial charge is 0.506 e. The van der Waals surface area contributed by atoms with Gasteiger partial charge in [0, 0.05) is 11.9 Å². The number of hydrogen-bond donors (Lipinski definition) is 2. The van der Waals surface area contributed by atoms with Gasteiger partial charge < -0.3 is 15.2 Å². The molecule has 0 saturated heterocycles. The average Bonchev–Trinajstić information content (AvgIpc) is 2.71. The number of pyridine rings is 1. The number of anilines is 1. The standard InChI is InChI=1S/C21H17F3N2O4/c1-2-30-20(29)16-18(27)13-4-3-5-14-17(13)26(19(16)28)15(10-25-14)11-6-8-12(9-7-11)21(22,23)24/h3-9,15,25,27H,2,10H2,1H3. The Morgan fingerprint density at radius 1 is 1.23 bits per heavy atom. The van der Waals surface area contributed by atoms with E-state index in [4.69, 9.17) is 4.74 Å². The van der Waals surface area contributed by atoms with Crippen LogP contribution in [-0.2, 0) is 10.9 Å². The minimum atomic E-state index is -4.48. The first-order valence-electron chi connectivity index (χ1n) is 9.22. The van der Waals surface area contributed by atoms with Crippen molar-refractivity contribution in [1.82, 2.24) is 4.57 Å². The van der Waals surface area contributed by atoms with Gasteiger partial charge in [-0.25, -0.2) is 4.79 Å². The number of ether oxygens (including phenoxy) is 1. The molecule has 0 fully saturated rings. The van der Waals surface area contributed by atoms with E-state index < -0.39 is 40.6 Å². The molecule has 1 aliphatic rings. The number of halogens is 3. The number of rotatable bonds is 3. The zero-order chi connectivity index (χ0) is 21.6. The monoisotopic (exact) mass is 418 g/mol. The Kier molecular flexibility index (Phi) is 4.68. The van der Waals surface area contributed by atoms with Gasteiger partial charge in [0.05, 0.1) is 29.4 Å². The van der Waals surface area contributed by atoms with Crippen LogP contribution in [0.5, 0.6) is 5.75 Å². The van der Waals surface area contributed by atoms with Crippen LogP contribution in [0.1, 0.15) is 34.5 Å². The van der Waals surface area contributed by atoms with E-state index in [9.17, 15) is 27.9 Å². The number of nitrogens with zero attached hydrogens (tertiary/aromatic N) is 1. The summed E-state index contributed by atoms with van der Waals surface area (Å²) in [6.45, 7) is 1.80. The maximum absolute atomic E-state index is 13.2. The number of benzene rings is 2. The second kappa shape index (κ2) is 7.08. The van der Waals surface area contributed by atoms with Crippen molar-refractivity contribution in [2.75, 3.05) is 18.5 Å². The van der Waals surface area contributed by atoms with Crippen molar-refractivity contribution in [2.24, 2.45) is 0 Å². The molecule has 0 saturated carbocycles. The van der Waals surface area contributed by atoms with Gasteiger partial charge in [0.2, 0.25) is 0 Å². The predicted octanol–water partition coefficient (Wildman–Crippen LogP) is 3.92. The van der Waals surface area contributed by atoms with Crippen LogP contribution < -0.4 is 10.9 Å². The maximum atomic E-state index is 13.2. The van der Waals surface area contributed by atoms with Gasteiger partial charge in [-0.15, -0.1) is 0 Å². The lowest BCUT2D eigenvalue weighted by atomic mass is 9.99. The first-order valence-corrected chi connectivity index (χ1v) is 9.22. The van der Waals surface area contributed by atoms with Crippen molar-refractivity contribution >= 4 is 22.6 Å². The highest BCUT2D eigenvalue weighted by Gasteiger charge is 2.33. The number of para-hydroxylation sites is 1. The molecule has 3 aromatic rings. The van der Waals surface area contributed by atoms with Crippen molar-refractivity contribution in [3.05, 3.63) is 69.5 Å². The van der Waals surface area contributed by atoms with Gasteiger partial charge in [0.15, 0.2) is 5.56 Å². The molecule has 0 amide bonds. The molecule has 0 spiro atoms. The van der Waals surface area contributed by atoms with Crippen LogP contribution in [0.15, 0.2) is 47.3 Å². The van der Waals surface area contributed by atoms with Crippen molar-refractivity contribution in [3.63, 3.8) is 0 Å².